The minimum absolute atomic E-state index is 0.00879. The highest BCUT2D eigenvalue weighted by molar-refractivity contribution is 5.73. The molecule has 2 atom stereocenters. The number of likely N-dealkylation sites (tertiary alicyclic amines) is 1. The number of amides is 1. The number of hydrogen-bond acceptors (Lipinski definition) is 6. The second-order valence-electron chi connectivity index (χ2n) is 11.6. The summed E-state index contributed by atoms with van der Waals surface area (Å²) in [5.74, 6) is 0.722. The number of pyridine rings is 1. The molecule has 0 bridgehead atoms. The number of carbonyl (C=O) groups is 1. The van der Waals surface area contributed by atoms with Crippen LogP contribution in [0.2, 0.25) is 0 Å². The summed E-state index contributed by atoms with van der Waals surface area (Å²) in [5.41, 5.74) is 8.19. The van der Waals surface area contributed by atoms with Gasteiger partial charge in [0.15, 0.2) is 5.79 Å². The quantitative estimate of drug-likeness (QED) is 0.578. The molecule has 0 radical (unpaired) electrons. The molecule has 37 heavy (non-hydrogen) atoms. The minimum Gasteiger partial charge on any atom is -0.478 e. The van der Waals surface area contributed by atoms with Gasteiger partial charge in [0.2, 0.25) is 5.88 Å². The maximum Gasteiger partial charge on any atom is 0.315 e. The standard InChI is InChI=1S/C30H41N3O4/c1-5-35-27-8-6-7-24(32-27)23-10-9-22(17-20(23)2)21-11-14-33(15-12-21)16-13-30(28(31)34)18-25-26(19-30)37-29(3,4)36-25/h6-10,17,21,25-26H,5,11-16,18-19H2,1-4H3,(H2,31,34)/p+1. The molecule has 5 rings (SSSR count). The Bertz CT molecular complexity index is 1110. The predicted molar refractivity (Wildman–Crippen MR) is 142 cm³/mol. The van der Waals surface area contributed by atoms with E-state index in [0.29, 0.717) is 18.4 Å². The van der Waals surface area contributed by atoms with E-state index in [9.17, 15) is 4.79 Å². The Balaban J connectivity index is 1.16. The van der Waals surface area contributed by atoms with Gasteiger partial charge in [0.1, 0.15) is 0 Å². The van der Waals surface area contributed by atoms with Crippen molar-refractivity contribution in [2.45, 2.75) is 83.7 Å². The summed E-state index contributed by atoms with van der Waals surface area (Å²) < 4.78 is 17.7. The maximum atomic E-state index is 12.6. The van der Waals surface area contributed by atoms with Crippen LogP contribution in [0.25, 0.3) is 11.3 Å². The van der Waals surface area contributed by atoms with Crippen molar-refractivity contribution in [1.29, 1.82) is 0 Å². The Kier molecular flexibility index (Phi) is 7.42. The van der Waals surface area contributed by atoms with E-state index in [1.807, 2.05) is 39.0 Å². The van der Waals surface area contributed by atoms with Gasteiger partial charge in [-0.2, -0.15) is 0 Å². The maximum absolute atomic E-state index is 12.6. The van der Waals surface area contributed by atoms with E-state index in [1.54, 1.807) is 0 Å². The van der Waals surface area contributed by atoms with Gasteiger partial charge in [0, 0.05) is 11.6 Å². The summed E-state index contributed by atoms with van der Waals surface area (Å²) >= 11 is 0. The van der Waals surface area contributed by atoms with E-state index in [1.165, 1.54) is 11.1 Å². The Morgan fingerprint density at radius 2 is 1.84 bits per heavy atom. The fraction of sp³-hybridized carbons (Fsp3) is 0.600. The third kappa shape index (κ3) is 5.60. The summed E-state index contributed by atoms with van der Waals surface area (Å²) in [6.07, 6.45) is 4.58. The number of rotatable bonds is 8. The highest BCUT2D eigenvalue weighted by atomic mass is 16.8. The molecule has 1 aliphatic carbocycles. The monoisotopic (exact) mass is 508 g/mol. The number of quaternary nitrogens is 1. The highest BCUT2D eigenvalue weighted by Gasteiger charge is 2.57. The smallest absolute Gasteiger partial charge is 0.315 e. The van der Waals surface area contributed by atoms with E-state index in [0.717, 1.165) is 63.0 Å². The van der Waals surface area contributed by atoms with Crippen molar-refractivity contribution in [2.75, 3.05) is 26.2 Å². The number of nitrogens with zero attached hydrogens (tertiary/aromatic N) is 2. The number of carbonyl (C=O) groups excluding carboxylic acids is 1. The molecule has 2 unspecified atom stereocenters. The number of piperidine rings is 1. The molecule has 1 aromatic carbocycles. The Morgan fingerprint density at radius 1 is 1.14 bits per heavy atom. The summed E-state index contributed by atoms with van der Waals surface area (Å²) in [7, 11) is 0. The molecule has 200 valence electrons. The molecule has 7 heteroatoms. The normalized spacial score (nSPS) is 27.8. The third-order valence-corrected chi connectivity index (χ3v) is 8.57. The third-order valence-electron chi connectivity index (χ3n) is 8.57. The van der Waals surface area contributed by atoms with E-state index >= 15 is 0 Å². The van der Waals surface area contributed by atoms with Crippen LogP contribution in [0.3, 0.4) is 0 Å². The van der Waals surface area contributed by atoms with Crippen LogP contribution in [-0.2, 0) is 14.3 Å². The molecule has 2 aromatic rings. The zero-order chi connectivity index (χ0) is 26.2. The van der Waals surface area contributed by atoms with Crippen molar-refractivity contribution in [3.8, 4) is 17.1 Å². The molecule has 2 aliphatic heterocycles. The molecule has 0 spiro atoms. The number of fused-ring (bicyclic) bond motifs is 1. The Labute approximate surface area is 220 Å². The van der Waals surface area contributed by atoms with E-state index in [-0.39, 0.29) is 18.1 Å². The molecule has 3 fully saturated rings. The van der Waals surface area contributed by atoms with Crippen molar-refractivity contribution in [3.05, 3.63) is 47.5 Å². The summed E-state index contributed by atoms with van der Waals surface area (Å²) in [6, 6.07) is 12.8. The van der Waals surface area contributed by atoms with Gasteiger partial charge in [-0.1, -0.05) is 24.3 Å². The van der Waals surface area contributed by atoms with Crippen molar-refractivity contribution in [3.63, 3.8) is 0 Å². The second-order valence-corrected chi connectivity index (χ2v) is 11.6. The lowest BCUT2D eigenvalue weighted by molar-refractivity contribution is -0.321. The second kappa shape index (κ2) is 10.4. The van der Waals surface area contributed by atoms with Gasteiger partial charge in [-0.25, -0.2) is 9.78 Å². The molecule has 3 N–H and O–H groups in total. The number of ether oxygens (including phenoxy) is 3. The van der Waals surface area contributed by atoms with Crippen LogP contribution in [0.15, 0.2) is 36.4 Å². The van der Waals surface area contributed by atoms with E-state index in [4.69, 9.17) is 14.2 Å². The van der Waals surface area contributed by atoms with Crippen LogP contribution in [0.4, 0.5) is 0 Å². The lowest BCUT2D eigenvalue weighted by atomic mass is 9.81. The number of benzene rings is 1. The minimum atomic E-state index is -0.547. The van der Waals surface area contributed by atoms with Crippen LogP contribution in [0.5, 0.6) is 5.88 Å². The first-order chi connectivity index (χ1) is 17.7. The predicted octanol–water partition coefficient (Wildman–Crippen LogP) is 4.09. The van der Waals surface area contributed by atoms with Crippen LogP contribution in [-0.4, -0.2) is 60.0 Å². The molecule has 1 aromatic heterocycles. The number of hydrogen-bond donors (Lipinski definition) is 1. The lowest BCUT2D eigenvalue weighted by Crippen LogP contribution is -2.65. The summed E-state index contributed by atoms with van der Waals surface area (Å²) in [6.45, 7) is 11.7. The Morgan fingerprint density at radius 3 is 2.46 bits per heavy atom. The topological polar surface area (TPSA) is 88.5 Å². The van der Waals surface area contributed by atoms with Crippen molar-refractivity contribution < 1.29 is 24.7 Å². The van der Waals surface area contributed by atoms with Gasteiger partial charge in [-0.05, 0) is 103 Å². The summed E-state index contributed by atoms with van der Waals surface area (Å²) in [5, 5.41) is 0. The number of aryl methyl sites for hydroxylation is 1. The fourth-order valence-electron chi connectivity index (χ4n) is 6.56. The molecule has 3 heterocycles. The van der Waals surface area contributed by atoms with Crippen LogP contribution in [0.1, 0.15) is 69.9 Å². The first-order valence-electron chi connectivity index (χ1n) is 13.8. The SMILES string of the molecule is CCOc1cccc(-c2ccc(C3CCN(CCC4(C([NH3+])=O)CC5OC(C)(C)OC5C4)CC3)cc2C)n1. The van der Waals surface area contributed by atoms with E-state index in [2.05, 4.69) is 40.7 Å². The molecule has 1 saturated carbocycles. The van der Waals surface area contributed by atoms with Gasteiger partial charge < -0.3 is 19.1 Å². The van der Waals surface area contributed by atoms with E-state index < -0.39 is 11.2 Å². The van der Waals surface area contributed by atoms with Crippen molar-refractivity contribution >= 4 is 5.91 Å². The average Bonchev–Trinajstić information content (AvgIpc) is 3.34. The van der Waals surface area contributed by atoms with Crippen LogP contribution >= 0.6 is 0 Å². The van der Waals surface area contributed by atoms with Gasteiger partial charge in [0.25, 0.3) is 0 Å². The average molecular weight is 509 g/mol. The largest absolute Gasteiger partial charge is 0.478 e. The molecular formula is C30H42N3O4+. The van der Waals surface area contributed by atoms with Gasteiger partial charge in [0.05, 0.1) is 29.9 Å². The molecule has 1 amide bonds. The van der Waals surface area contributed by atoms with Crippen molar-refractivity contribution in [2.24, 2.45) is 5.41 Å². The Hall–Kier alpha value is -2.32. The molecule has 7 nitrogen and oxygen atoms in total. The summed E-state index contributed by atoms with van der Waals surface area (Å²) in [4.78, 5) is 19.8. The lowest BCUT2D eigenvalue weighted by Gasteiger charge is -2.35. The van der Waals surface area contributed by atoms with Crippen LogP contribution in [0, 0.1) is 12.3 Å². The molecular weight excluding hydrogens is 466 g/mol. The first-order valence-corrected chi connectivity index (χ1v) is 13.8. The van der Waals surface area contributed by atoms with Crippen molar-refractivity contribution in [1.82, 2.24) is 9.88 Å². The first kappa shape index (κ1) is 26.3. The van der Waals surface area contributed by atoms with Gasteiger partial charge in [-0.3, -0.25) is 5.73 Å². The molecule has 2 saturated heterocycles. The highest BCUT2D eigenvalue weighted by Crippen LogP contribution is 2.49. The zero-order valence-electron chi connectivity index (χ0n) is 22.8. The number of aromatic nitrogens is 1. The van der Waals surface area contributed by atoms with Crippen LogP contribution < -0.4 is 10.5 Å². The fourth-order valence-corrected chi connectivity index (χ4v) is 6.56. The molecule has 3 aliphatic rings. The zero-order valence-corrected chi connectivity index (χ0v) is 22.8. The van der Waals surface area contributed by atoms with Gasteiger partial charge in [-0.15, -0.1) is 0 Å². The van der Waals surface area contributed by atoms with Gasteiger partial charge >= 0.3 is 5.91 Å².